The Morgan fingerprint density at radius 2 is 1.56 bits per heavy atom. The largest absolute Gasteiger partial charge is 0.407 e. The quantitative estimate of drug-likeness (QED) is 0.0671. The normalized spacial score (nSPS) is 14.9. The first-order valence-electron chi connectivity index (χ1n) is 18.2. The highest BCUT2D eigenvalue weighted by Crippen LogP contribution is 2.45. The Labute approximate surface area is 331 Å². The second-order valence-electron chi connectivity index (χ2n) is 15.8. The van der Waals surface area contributed by atoms with Crippen LogP contribution in [-0.2, 0) is 22.1 Å². The van der Waals surface area contributed by atoms with E-state index < -0.39 is 32.6 Å². The number of pyridine rings is 1. The third kappa shape index (κ3) is 8.26. The van der Waals surface area contributed by atoms with Crippen LogP contribution in [0.5, 0.6) is 0 Å². The average molecular weight is 837 g/mol. The first-order chi connectivity index (χ1) is 25.6. The Bertz CT molecular complexity index is 2060. The number of methoxy groups -OCH3 is 1. The van der Waals surface area contributed by atoms with E-state index in [1.165, 1.54) is 14.9 Å². The van der Waals surface area contributed by atoms with Crippen molar-refractivity contribution in [3.63, 3.8) is 0 Å². The summed E-state index contributed by atoms with van der Waals surface area (Å²) in [6, 6.07) is 30.6. The summed E-state index contributed by atoms with van der Waals surface area (Å²) in [4.78, 5) is 7.91. The van der Waals surface area contributed by atoms with Gasteiger partial charge in [0.25, 0.3) is 8.32 Å². The summed E-state index contributed by atoms with van der Waals surface area (Å²) in [6.07, 6.45) is -0.669. The predicted molar refractivity (Wildman–Crippen MR) is 224 cm³/mol. The molecule has 11 heteroatoms. The van der Waals surface area contributed by atoms with Crippen molar-refractivity contribution in [2.75, 3.05) is 25.0 Å². The molecule has 1 aliphatic heterocycles. The average Bonchev–Trinajstić information content (AvgIpc) is 3.73. The highest BCUT2D eigenvalue weighted by atomic mass is 79.9. The number of alkyl halides is 4. The summed E-state index contributed by atoms with van der Waals surface area (Å²) in [6.45, 7) is 12.2. The molecule has 3 heterocycles. The molecule has 6 rings (SSSR count). The Hall–Kier alpha value is -3.35. The minimum absolute atomic E-state index is 0.231. The maximum atomic E-state index is 14.6. The van der Waals surface area contributed by atoms with Gasteiger partial charge in [-0.1, -0.05) is 117 Å². The molecule has 0 fully saturated rings. The van der Waals surface area contributed by atoms with Crippen molar-refractivity contribution in [3.05, 3.63) is 120 Å². The standard InChI is InChI=1S/C43H49BrF3N3O2SSi/c1-30(51-7)39-34(19-14-22-48-39)40-36(35-23-31(38-25-49(28-44)29-53-38)20-21-37(35)50(40)26-43(45,46)47)24-42(5,6)27-52-54(41(2,3)4,32-15-10-8-11-16-32)33-17-12-9-13-18-33/h8-23,25,30H,24,26-29H2,1-7H3. The SMILES string of the molecule is COC(C)c1ncccc1-c1c(CC(C)(C)CO[Si](c2ccccc2)(c2ccccc2)C(C)(C)C)c2cc(C3=CN(CBr)CS3)ccc2n1CC(F)(F)F. The highest BCUT2D eigenvalue weighted by molar-refractivity contribution is 9.09. The summed E-state index contributed by atoms with van der Waals surface area (Å²) in [5, 5.41) is 2.93. The van der Waals surface area contributed by atoms with E-state index in [1.54, 1.807) is 31.1 Å². The van der Waals surface area contributed by atoms with Crippen molar-refractivity contribution < 1.29 is 22.3 Å². The van der Waals surface area contributed by atoms with Crippen LogP contribution in [0.25, 0.3) is 27.1 Å². The number of aromatic nitrogens is 2. The number of hydrogen-bond donors (Lipinski definition) is 0. The van der Waals surface area contributed by atoms with E-state index in [2.05, 4.69) is 121 Å². The smallest absolute Gasteiger partial charge is 0.406 e. The fourth-order valence-electron chi connectivity index (χ4n) is 7.68. The summed E-state index contributed by atoms with van der Waals surface area (Å²) in [7, 11) is -1.31. The van der Waals surface area contributed by atoms with Gasteiger partial charge in [-0.25, -0.2) is 0 Å². The van der Waals surface area contributed by atoms with Gasteiger partial charge in [0.15, 0.2) is 0 Å². The van der Waals surface area contributed by atoms with Gasteiger partial charge in [-0.2, -0.15) is 13.2 Å². The monoisotopic (exact) mass is 835 g/mol. The number of ether oxygens (including phenoxy) is 1. The van der Waals surface area contributed by atoms with Crippen molar-refractivity contribution in [2.24, 2.45) is 5.41 Å². The molecule has 0 saturated heterocycles. The molecule has 3 aromatic carbocycles. The zero-order valence-electron chi connectivity index (χ0n) is 32.0. The topological polar surface area (TPSA) is 39.5 Å². The maximum Gasteiger partial charge on any atom is 0.406 e. The van der Waals surface area contributed by atoms with Gasteiger partial charge in [0.2, 0.25) is 0 Å². The number of benzene rings is 3. The number of thioether (sulfide) groups is 1. The Kier molecular flexibility index (Phi) is 12.0. The van der Waals surface area contributed by atoms with Gasteiger partial charge in [-0.15, -0.1) is 11.8 Å². The molecule has 0 aliphatic carbocycles. The maximum absolute atomic E-state index is 14.6. The zero-order chi connectivity index (χ0) is 38.9. The van der Waals surface area contributed by atoms with Crippen molar-refractivity contribution >= 4 is 62.2 Å². The minimum Gasteiger partial charge on any atom is -0.407 e. The van der Waals surface area contributed by atoms with Crippen LogP contribution in [0.4, 0.5) is 13.2 Å². The van der Waals surface area contributed by atoms with Gasteiger partial charge in [0.1, 0.15) is 6.54 Å². The van der Waals surface area contributed by atoms with Crippen LogP contribution < -0.4 is 10.4 Å². The minimum atomic E-state index is -4.46. The van der Waals surface area contributed by atoms with Gasteiger partial charge in [-0.05, 0) is 69.6 Å². The molecule has 0 amide bonds. The van der Waals surface area contributed by atoms with E-state index in [0.29, 0.717) is 40.9 Å². The number of halogens is 4. The molecule has 1 unspecified atom stereocenters. The van der Waals surface area contributed by atoms with Gasteiger partial charge in [0, 0.05) is 47.5 Å². The van der Waals surface area contributed by atoms with E-state index in [9.17, 15) is 13.2 Å². The zero-order valence-corrected chi connectivity index (χ0v) is 35.4. The number of hydrogen-bond acceptors (Lipinski definition) is 5. The number of rotatable bonds is 13. The molecule has 1 atom stereocenters. The van der Waals surface area contributed by atoms with E-state index in [1.807, 2.05) is 37.3 Å². The van der Waals surface area contributed by atoms with Crippen LogP contribution in [0.3, 0.4) is 0 Å². The van der Waals surface area contributed by atoms with Gasteiger partial charge in [0.05, 0.1) is 28.8 Å². The lowest BCUT2D eigenvalue weighted by atomic mass is 9.84. The first kappa shape index (κ1) is 40.3. The molecule has 0 bridgehead atoms. The van der Waals surface area contributed by atoms with Crippen LogP contribution in [-0.4, -0.2) is 54.0 Å². The molecular weight excluding hydrogens is 788 g/mol. The van der Waals surface area contributed by atoms with Crippen molar-refractivity contribution in [2.45, 2.75) is 71.8 Å². The van der Waals surface area contributed by atoms with E-state index in [0.717, 1.165) is 27.3 Å². The molecule has 286 valence electrons. The Morgan fingerprint density at radius 3 is 2.11 bits per heavy atom. The molecule has 54 heavy (non-hydrogen) atoms. The van der Waals surface area contributed by atoms with Crippen LogP contribution in [0, 0.1) is 5.41 Å². The third-order valence-electron chi connectivity index (χ3n) is 10.2. The van der Waals surface area contributed by atoms with Crippen LogP contribution >= 0.6 is 27.7 Å². The van der Waals surface area contributed by atoms with Gasteiger partial charge >= 0.3 is 6.18 Å². The molecule has 5 nitrogen and oxygen atoms in total. The molecule has 0 spiro atoms. The number of nitrogens with zero attached hydrogens (tertiary/aromatic N) is 3. The Balaban J connectivity index is 1.55. The summed E-state index contributed by atoms with van der Waals surface area (Å²) in [5.41, 5.74) is 4.29. The van der Waals surface area contributed by atoms with Crippen LogP contribution in [0.15, 0.2) is 103 Å². The second-order valence-corrected chi connectivity index (χ2v) is 21.6. The number of fused-ring (bicyclic) bond motifs is 1. The van der Waals surface area contributed by atoms with Crippen LogP contribution in [0.1, 0.15) is 64.5 Å². The summed E-state index contributed by atoms with van der Waals surface area (Å²) < 4.78 is 58.5. The fourth-order valence-corrected chi connectivity index (χ4v) is 14.0. The van der Waals surface area contributed by atoms with Crippen molar-refractivity contribution in [1.82, 2.24) is 14.5 Å². The lowest BCUT2D eigenvalue weighted by Crippen LogP contribution is -2.67. The third-order valence-corrected chi connectivity index (χ3v) is 17.0. The van der Waals surface area contributed by atoms with Crippen LogP contribution in [0.2, 0.25) is 5.04 Å². The summed E-state index contributed by atoms with van der Waals surface area (Å²) in [5.74, 6) is 0.798. The molecule has 1 aliphatic rings. The van der Waals surface area contributed by atoms with Crippen molar-refractivity contribution in [3.8, 4) is 11.3 Å². The molecular formula is C43H49BrF3N3O2SSi. The fraction of sp³-hybridized carbons (Fsp3) is 0.372. The predicted octanol–water partition coefficient (Wildman–Crippen LogP) is 10.8. The van der Waals surface area contributed by atoms with E-state index in [4.69, 9.17) is 9.16 Å². The van der Waals surface area contributed by atoms with Gasteiger partial charge in [-0.3, -0.25) is 4.98 Å². The molecule has 5 aromatic rings. The molecule has 2 aromatic heterocycles. The van der Waals surface area contributed by atoms with Gasteiger partial charge < -0.3 is 18.6 Å². The highest BCUT2D eigenvalue weighted by Gasteiger charge is 2.51. The molecule has 0 radical (unpaired) electrons. The second kappa shape index (κ2) is 16.0. The molecule has 0 N–H and O–H groups in total. The summed E-state index contributed by atoms with van der Waals surface area (Å²) >= 11 is 5.27. The van der Waals surface area contributed by atoms with E-state index in [-0.39, 0.29) is 5.04 Å². The Morgan fingerprint density at radius 1 is 0.907 bits per heavy atom. The van der Waals surface area contributed by atoms with Crippen molar-refractivity contribution in [1.29, 1.82) is 0 Å². The lowest BCUT2D eigenvalue weighted by Gasteiger charge is -2.44. The molecule has 0 saturated carbocycles. The first-order valence-corrected chi connectivity index (χ1v) is 22.2. The van der Waals surface area contributed by atoms with E-state index >= 15 is 0 Å². The lowest BCUT2D eigenvalue weighted by molar-refractivity contribution is -0.139.